The Hall–Kier alpha value is -1.68. The van der Waals surface area contributed by atoms with E-state index in [1.807, 2.05) is 40.7 Å². The summed E-state index contributed by atoms with van der Waals surface area (Å²) in [6, 6.07) is 10.1. The van der Waals surface area contributed by atoms with Crippen LogP contribution in [0.15, 0.2) is 41.9 Å². The van der Waals surface area contributed by atoms with E-state index < -0.39 is 0 Å². The number of amides is 1. The highest BCUT2D eigenvalue weighted by Crippen LogP contribution is 2.26. The van der Waals surface area contributed by atoms with Gasteiger partial charge in [-0.25, -0.2) is 0 Å². The molecule has 104 valence electrons. The zero-order valence-corrected chi connectivity index (χ0v) is 12.2. The lowest BCUT2D eigenvalue weighted by Crippen LogP contribution is -2.38. The second kappa shape index (κ2) is 6.18. The highest BCUT2D eigenvalue weighted by Gasteiger charge is 2.24. The van der Waals surface area contributed by atoms with Gasteiger partial charge in [-0.05, 0) is 36.4 Å². The van der Waals surface area contributed by atoms with Crippen LogP contribution >= 0.6 is 11.3 Å². The molecule has 3 rings (SSSR count). The fourth-order valence-electron chi connectivity index (χ4n) is 2.72. The summed E-state index contributed by atoms with van der Waals surface area (Å²) >= 11 is 1.66. The van der Waals surface area contributed by atoms with Gasteiger partial charge in [-0.15, -0.1) is 11.3 Å². The molecular weight excluding hydrogens is 268 g/mol. The van der Waals surface area contributed by atoms with Gasteiger partial charge in [0.25, 0.3) is 0 Å². The van der Waals surface area contributed by atoms with Crippen LogP contribution in [0.1, 0.15) is 29.3 Å². The van der Waals surface area contributed by atoms with E-state index in [2.05, 4.69) is 11.1 Å². The molecule has 2 aromatic rings. The Morgan fingerprint density at radius 3 is 2.75 bits per heavy atom. The predicted molar refractivity (Wildman–Crippen MR) is 80.8 cm³/mol. The molecule has 0 N–H and O–H groups in total. The van der Waals surface area contributed by atoms with E-state index in [-0.39, 0.29) is 5.91 Å². The minimum absolute atomic E-state index is 0.256. The molecule has 3 nitrogen and oxygen atoms in total. The van der Waals surface area contributed by atoms with Crippen molar-refractivity contribution in [2.24, 2.45) is 0 Å². The number of pyridine rings is 1. The van der Waals surface area contributed by atoms with Crippen LogP contribution in [-0.2, 0) is 11.2 Å². The van der Waals surface area contributed by atoms with Crippen LogP contribution < -0.4 is 0 Å². The summed E-state index contributed by atoms with van der Waals surface area (Å²) in [6.45, 7) is 1.71. The van der Waals surface area contributed by atoms with Crippen molar-refractivity contribution in [3.05, 3.63) is 52.5 Å². The molecule has 20 heavy (non-hydrogen) atoms. The first kappa shape index (κ1) is 13.3. The lowest BCUT2D eigenvalue weighted by Gasteiger charge is -2.31. The van der Waals surface area contributed by atoms with Crippen LogP contribution in [0.3, 0.4) is 0 Å². The van der Waals surface area contributed by atoms with Crippen molar-refractivity contribution in [1.82, 2.24) is 9.88 Å². The molecule has 1 fully saturated rings. The molecule has 4 heteroatoms. The Morgan fingerprint density at radius 1 is 1.25 bits per heavy atom. The van der Waals surface area contributed by atoms with Gasteiger partial charge in [0.1, 0.15) is 0 Å². The molecule has 0 saturated carbocycles. The number of nitrogens with zero attached hydrogens (tertiary/aromatic N) is 2. The SMILES string of the molecule is O=C(Cc1cccs1)N1CCC(c2ccccn2)CC1. The fourth-order valence-corrected chi connectivity index (χ4v) is 3.41. The minimum Gasteiger partial charge on any atom is -0.342 e. The zero-order chi connectivity index (χ0) is 13.8. The van der Waals surface area contributed by atoms with E-state index in [1.165, 1.54) is 0 Å². The molecule has 1 saturated heterocycles. The fraction of sp³-hybridized carbons (Fsp3) is 0.375. The Bertz CT molecular complexity index is 545. The van der Waals surface area contributed by atoms with Gasteiger partial charge in [-0.1, -0.05) is 12.1 Å². The first-order valence-electron chi connectivity index (χ1n) is 7.04. The monoisotopic (exact) mass is 286 g/mol. The summed E-state index contributed by atoms with van der Waals surface area (Å²) in [5.41, 5.74) is 1.16. The Balaban J connectivity index is 1.54. The molecule has 0 aromatic carbocycles. The largest absolute Gasteiger partial charge is 0.342 e. The highest BCUT2D eigenvalue weighted by atomic mass is 32.1. The van der Waals surface area contributed by atoms with Crippen molar-refractivity contribution >= 4 is 17.2 Å². The van der Waals surface area contributed by atoms with E-state index in [1.54, 1.807) is 11.3 Å². The third kappa shape index (κ3) is 3.07. The van der Waals surface area contributed by atoms with Crippen LogP contribution in [0.25, 0.3) is 0 Å². The second-order valence-corrected chi connectivity index (χ2v) is 6.20. The summed E-state index contributed by atoms with van der Waals surface area (Å²) < 4.78 is 0. The molecule has 0 bridgehead atoms. The Kier molecular flexibility index (Phi) is 4.11. The summed E-state index contributed by atoms with van der Waals surface area (Å²) in [7, 11) is 0. The van der Waals surface area contributed by atoms with E-state index >= 15 is 0 Å². The quantitative estimate of drug-likeness (QED) is 0.868. The molecule has 0 unspecified atom stereocenters. The minimum atomic E-state index is 0.256. The molecule has 0 spiro atoms. The number of aromatic nitrogens is 1. The maximum Gasteiger partial charge on any atom is 0.227 e. The molecule has 1 aliphatic heterocycles. The predicted octanol–water partition coefficient (Wildman–Crippen LogP) is 3.09. The number of carbonyl (C=O) groups excluding carboxylic acids is 1. The van der Waals surface area contributed by atoms with Crippen LogP contribution in [-0.4, -0.2) is 28.9 Å². The summed E-state index contributed by atoms with van der Waals surface area (Å²) in [4.78, 5) is 19.8. The molecule has 1 aliphatic rings. The van der Waals surface area contributed by atoms with Crippen molar-refractivity contribution in [1.29, 1.82) is 0 Å². The Labute approximate surface area is 123 Å². The topological polar surface area (TPSA) is 33.2 Å². The van der Waals surface area contributed by atoms with Crippen molar-refractivity contribution in [2.75, 3.05) is 13.1 Å². The van der Waals surface area contributed by atoms with Crippen LogP contribution in [0.5, 0.6) is 0 Å². The number of carbonyl (C=O) groups is 1. The van der Waals surface area contributed by atoms with Crippen LogP contribution in [0.4, 0.5) is 0 Å². The van der Waals surface area contributed by atoms with Gasteiger partial charge in [0, 0.05) is 35.8 Å². The normalized spacial score (nSPS) is 16.3. The number of piperidine rings is 1. The number of hydrogen-bond acceptors (Lipinski definition) is 3. The number of rotatable bonds is 3. The first-order chi connectivity index (χ1) is 9.83. The summed E-state index contributed by atoms with van der Waals surface area (Å²) in [5, 5.41) is 2.02. The molecule has 0 aliphatic carbocycles. The van der Waals surface area contributed by atoms with Crippen molar-refractivity contribution in [2.45, 2.75) is 25.2 Å². The van der Waals surface area contributed by atoms with E-state index in [4.69, 9.17) is 0 Å². The molecule has 2 aromatic heterocycles. The van der Waals surface area contributed by atoms with E-state index in [0.29, 0.717) is 12.3 Å². The van der Waals surface area contributed by atoms with Gasteiger partial charge in [-0.2, -0.15) is 0 Å². The Morgan fingerprint density at radius 2 is 2.10 bits per heavy atom. The van der Waals surface area contributed by atoms with Crippen molar-refractivity contribution in [3.63, 3.8) is 0 Å². The van der Waals surface area contributed by atoms with Gasteiger partial charge in [0.05, 0.1) is 6.42 Å². The maximum atomic E-state index is 12.2. The molecule has 0 atom stereocenters. The average Bonchev–Trinajstić information content (AvgIpc) is 3.01. The maximum absolute atomic E-state index is 12.2. The van der Waals surface area contributed by atoms with Crippen molar-refractivity contribution in [3.8, 4) is 0 Å². The van der Waals surface area contributed by atoms with E-state index in [9.17, 15) is 4.79 Å². The van der Waals surface area contributed by atoms with Gasteiger partial charge >= 0.3 is 0 Å². The van der Waals surface area contributed by atoms with Gasteiger partial charge < -0.3 is 4.90 Å². The molecular formula is C16H18N2OS. The van der Waals surface area contributed by atoms with Gasteiger partial charge in [-0.3, -0.25) is 9.78 Å². The van der Waals surface area contributed by atoms with Crippen LogP contribution in [0, 0.1) is 0 Å². The summed E-state index contributed by atoms with van der Waals surface area (Å²) in [5.74, 6) is 0.758. The smallest absolute Gasteiger partial charge is 0.227 e. The first-order valence-corrected chi connectivity index (χ1v) is 7.92. The third-order valence-corrected chi connectivity index (χ3v) is 4.74. The third-order valence-electron chi connectivity index (χ3n) is 3.86. The second-order valence-electron chi connectivity index (χ2n) is 5.17. The number of hydrogen-bond donors (Lipinski definition) is 0. The average molecular weight is 286 g/mol. The van der Waals surface area contributed by atoms with Crippen LogP contribution in [0.2, 0.25) is 0 Å². The zero-order valence-electron chi connectivity index (χ0n) is 11.4. The number of likely N-dealkylation sites (tertiary alicyclic amines) is 1. The summed E-state index contributed by atoms with van der Waals surface area (Å²) in [6.07, 6.45) is 4.44. The molecule has 1 amide bonds. The molecule has 3 heterocycles. The van der Waals surface area contributed by atoms with Gasteiger partial charge in [0.15, 0.2) is 0 Å². The standard InChI is InChI=1S/C16H18N2OS/c19-16(12-14-4-3-11-20-14)18-9-6-13(7-10-18)15-5-1-2-8-17-15/h1-5,8,11,13H,6-7,9-10,12H2. The lowest BCUT2D eigenvalue weighted by atomic mass is 9.93. The van der Waals surface area contributed by atoms with Crippen molar-refractivity contribution < 1.29 is 4.79 Å². The number of thiophene rings is 1. The van der Waals surface area contributed by atoms with Gasteiger partial charge in [0.2, 0.25) is 5.91 Å². The van der Waals surface area contributed by atoms with E-state index in [0.717, 1.165) is 36.5 Å². The molecule has 0 radical (unpaired) electrons. The highest BCUT2D eigenvalue weighted by molar-refractivity contribution is 7.10. The lowest BCUT2D eigenvalue weighted by molar-refractivity contribution is -0.131.